The standard InChI is InChI=1S/2C10H12.C8H12N.2C6H12.C5H5N.C4H10.C3H8.7C2H6.2CH3.2Rh/c2*1-2-6-10-8-4-3-7-9(10)5-1;1-2-6-9-7-4-3-5-8-9;2*1-5(2)6(3)4;1-2-4-6-5-3-1;1-3-4-2;1-3-2;7*1-2;;;;/h2*1-2,5-6H,3-4,7-8H2;3-5,7-8H,2,6H2,1H3;2*1-4H3;1-5H;3-4H2,1-2H3;3H2,1-2H3;7*1-2H3;2*1H3;;/q;;+1;;;;;;;;;;;;;2*-1;;. The zero-order valence-corrected chi connectivity index (χ0v) is 57.4. The van der Waals surface area contributed by atoms with Gasteiger partial charge in [0, 0.05) is 69.9 Å². The Kier molecular flexibility index (Phi) is 139. The van der Waals surface area contributed by atoms with Crippen LogP contribution in [0.4, 0.5) is 0 Å². The second-order valence-corrected chi connectivity index (χ2v) is 14.8. The van der Waals surface area contributed by atoms with Gasteiger partial charge in [-0.1, -0.05) is 234 Å². The third-order valence-electron chi connectivity index (χ3n) is 8.85. The summed E-state index contributed by atoms with van der Waals surface area (Å²) in [5.41, 5.74) is 12.0. The molecule has 4 heteroatoms. The zero-order chi connectivity index (χ0) is 54.8. The molecular formula is C68H131N2Rh2-. The Bertz CT molecular complexity index is 1280. The molecule has 0 saturated heterocycles. The number of pyridine rings is 2. The van der Waals surface area contributed by atoms with Crippen LogP contribution in [0.15, 0.2) is 132 Å². The first-order valence-corrected chi connectivity index (χ1v) is 28.1. The summed E-state index contributed by atoms with van der Waals surface area (Å²) in [5, 5.41) is 0. The normalized spacial score (nSPS) is 8.99. The number of hydrogen-bond donors (Lipinski definition) is 0. The first-order chi connectivity index (χ1) is 33.0. The first kappa shape index (κ1) is 102. The summed E-state index contributed by atoms with van der Waals surface area (Å²) in [7, 11) is 0. The van der Waals surface area contributed by atoms with Gasteiger partial charge in [0.15, 0.2) is 12.4 Å². The summed E-state index contributed by atoms with van der Waals surface area (Å²) < 4.78 is 2.18. The molecule has 0 amide bonds. The van der Waals surface area contributed by atoms with E-state index < -0.39 is 0 Å². The fourth-order valence-electron chi connectivity index (χ4n) is 4.51. The Morgan fingerprint density at radius 3 is 0.736 bits per heavy atom. The summed E-state index contributed by atoms with van der Waals surface area (Å²) in [5.74, 6) is 0. The number of unbranched alkanes of at least 4 members (excludes halogenated alkanes) is 1. The molecule has 2 radical (unpaired) electrons. The average Bonchev–Trinajstić information content (AvgIpc) is 3.42. The summed E-state index contributed by atoms with van der Waals surface area (Å²) in [4.78, 5) is 3.78. The number of aryl methyl sites for hydroxylation is 5. The van der Waals surface area contributed by atoms with Gasteiger partial charge in [0.1, 0.15) is 6.54 Å². The Balaban J connectivity index is -0.0000000490. The predicted octanol–water partition coefficient (Wildman–Crippen LogP) is 23.6. The summed E-state index contributed by atoms with van der Waals surface area (Å²) in [6.45, 7) is 56.9. The number of fused-ring (bicyclic) bond motifs is 2. The van der Waals surface area contributed by atoms with Crippen molar-refractivity contribution in [2.75, 3.05) is 0 Å². The van der Waals surface area contributed by atoms with E-state index in [-0.39, 0.29) is 53.8 Å². The molecule has 2 aliphatic rings. The fourth-order valence-corrected chi connectivity index (χ4v) is 4.51. The van der Waals surface area contributed by atoms with Gasteiger partial charge in [-0.25, -0.2) is 4.57 Å². The molecular weight excluding hydrogens is 1050 g/mol. The molecule has 2 aromatic carbocycles. The molecule has 72 heavy (non-hydrogen) atoms. The summed E-state index contributed by atoms with van der Waals surface area (Å²) >= 11 is 0. The van der Waals surface area contributed by atoms with Crippen molar-refractivity contribution >= 4 is 0 Å². The van der Waals surface area contributed by atoms with E-state index in [4.69, 9.17) is 0 Å². The minimum atomic E-state index is 0. The maximum Gasteiger partial charge on any atom is 0.168 e. The minimum Gasteiger partial charge on any atom is -0.358 e. The van der Waals surface area contributed by atoms with Crippen LogP contribution in [0.25, 0.3) is 0 Å². The van der Waals surface area contributed by atoms with Gasteiger partial charge >= 0.3 is 0 Å². The van der Waals surface area contributed by atoms with Gasteiger partial charge in [-0.15, -0.1) is 0 Å². The molecule has 6 rings (SSSR count). The Morgan fingerprint density at radius 2 is 0.583 bits per heavy atom. The van der Waals surface area contributed by atoms with Gasteiger partial charge in [0.25, 0.3) is 0 Å². The van der Waals surface area contributed by atoms with Crippen LogP contribution >= 0.6 is 0 Å². The van der Waals surface area contributed by atoms with Crippen molar-refractivity contribution in [3.63, 3.8) is 0 Å². The largest absolute Gasteiger partial charge is 0.358 e. The molecule has 0 unspecified atom stereocenters. The van der Waals surface area contributed by atoms with Gasteiger partial charge in [0.2, 0.25) is 0 Å². The van der Waals surface area contributed by atoms with E-state index in [1.165, 1.54) is 99.3 Å². The monoisotopic (exact) mass is 1180 g/mol. The van der Waals surface area contributed by atoms with Gasteiger partial charge in [-0.3, -0.25) is 4.98 Å². The van der Waals surface area contributed by atoms with E-state index in [1.54, 1.807) is 34.6 Å². The second kappa shape index (κ2) is 97.7. The van der Waals surface area contributed by atoms with Crippen LogP contribution in [0.3, 0.4) is 0 Å². The van der Waals surface area contributed by atoms with E-state index in [1.807, 2.05) is 121 Å². The van der Waals surface area contributed by atoms with Crippen molar-refractivity contribution in [3.8, 4) is 0 Å². The van der Waals surface area contributed by atoms with E-state index in [0.717, 1.165) is 6.54 Å². The van der Waals surface area contributed by atoms with Gasteiger partial charge in [0.05, 0.1) is 0 Å². The average molecular weight is 1180 g/mol. The van der Waals surface area contributed by atoms with E-state index in [2.05, 4.69) is 173 Å². The number of aromatic nitrogens is 2. The van der Waals surface area contributed by atoms with E-state index in [9.17, 15) is 0 Å². The van der Waals surface area contributed by atoms with Crippen LogP contribution in [0.5, 0.6) is 0 Å². The topological polar surface area (TPSA) is 16.8 Å². The second-order valence-electron chi connectivity index (χ2n) is 14.8. The van der Waals surface area contributed by atoms with Crippen molar-refractivity contribution in [3.05, 3.63) is 169 Å². The summed E-state index contributed by atoms with van der Waals surface area (Å²) in [6.07, 6.45) is 23.5. The van der Waals surface area contributed by atoms with Crippen LogP contribution in [0.1, 0.15) is 261 Å². The van der Waals surface area contributed by atoms with Gasteiger partial charge in [-0.05, 0) is 141 Å². The maximum absolute atomic E-state index is 3.78. The maximum atomic E-state index is 3.78. The molecule has 2 aliphatic carbocycles. The number of hydrogen-bond acceptors (Lipinski definition) is 1. The minimum absolute atomic E-state index is 0. The van der Waals surface area contributed by atoms with Gasteiger partial charge in [-0.2, -0.15) is 0 Å². The van der Waals surface area contributed by atoms with Crippen LogP contribution < -0.4 is 4.57 Å². The zero-order valence-electron chi connectivity index (χ0n) is 54.1. The molecule has 2 heterocycles. The number of nitrogens with zero attached hydrogens (tertiary/aromatic N) is 2. The van der Waals surface area contributed by atoms with E-state index >= 15 is 0 Å². The van der Waals surface area contributed by atoms with Crippen molar-refractivity contribution < 1.29 is 43.5 Å². The number of rotatable bonds is 3. The molecule has 0 saturated carbocycles. The molecule has 0 N–H and O–H groups in total. The van der Waals surface area contributed by atoms with Crippen molar-refractivity contribution in [1.82, 2.24) is 4.98 Å². The third kappa shape index (κ3) is 84.3. The smallest absolute Gasteiger partial charge is 0.168 e. The molecule has 432 valence electrons. The molecule has 0 spiro atoms. The molecule has 2 nitrogen and oxygen atoms in total. The predicted molar refractivity (Wildman–Crippen MR) is 336 cm³/mol. The Hall–Kier alpha value is -2.53. The molecule has 0 fully saturated rings. The van der Waals surface area contributed by atoms with Crippen LogP contribution in [0, 0.1) is 14.9 Å². The quantitative estimate of drug-likeness (QED) is 0.0865. The third-order valence-corrected chi connectivity index (χ3v) is 8.85. The molecule has 2 aromatic heterocycles. The first-order valence-electron chi connectivity index (χ1n) is 28.1. The Labute approximate surface area is 485 Å². The van der Waals surface area contributed by atoms with Crippen molar-refractivity contribution in [1.29, 1.82) is 0 Å². The summed E-state index contributed by atoms with van der Waals surface area (Å²) in [6, 6.07) is 29.5. The molecule has 4 aromatic rings. The SMILES string of the molecule is CC.CC.CC.CC.CC.CC.CC.CC(C)=C(C)C.CC(C)=C(C)C.CCC.CCCC.CCC[n+]1ccccc1.[CH3-].[CH3-].[Rh].[Rh].c1ccc2c(c1)CCCC2.c1ccc2c(c1)CCCC2.c1ccncc1. The van der Waals surface area contributed by atoms with Crippen molar-refractivity contribution in [2.24, 2.45) is 0 Å². The number of allylic oxidation sites excluding steroid dienone is 4. The van der Waals surface area contributed by atoms with Crippen LogP contribution in [0.2, 0.25) is 0 Å². The molecule has 0 bridgehead atoms. The fraction of sp³-hybridized carbons (Fsp3) is 0.588. The Morgan fingerprint density at radius 1 is 0.361 bits per heavy atom. The van der Waals surface area contributed by atoms with Gasteiger partial charge < -0.3 is 14.9 Å². The molecule has 0 atom stereocenters. The van der Waals surface area contributed by atoms with Crippen LogP contribution in [-0.2, 0) is 71.2 Å². The van der Waals surface area contributed by atoms with Crippen molar-refractivity contribution in [2.45, 2.75) is 271 Å². The number of benzene rings is 2. The molecule has 0 aliphatic heterocycles. The van der Waals surface area contributed by atoms with E-state index in [0.29, 0.717) is 0 Å². The van der Waals surface area contributed by atoms with Crippen LogP contribution in [-0.4, -0.2) is 4.98 Å².